The Bertz CT molecular complexity index is 539. The van der Waals surface area contributed by atoms with Gasteiger partial charge in [0, 0.05) is 38.3 Å². The van der Waals surface area contributed by atoms with Crippen molar-refractivity contribution in [2.75, 3.05) is 13.1 Å². The normalized spacial score (nSPS) is 31.5. The Labute approximate surface area is 139 Å². The van der Waals surface area contributed by atoms with Crippen molar-refractivity contribution >= 4 is 5.91 Å². The van der Waals surface area contributed by atoms with Gasteiger partial charge in [-0.3, -0.25) is 9.48 Å². The maximum Gasteiger partial charge on any atom is 0.225 e. The van der Waals surface area contributed by atoms with E-state index in [0.29, 0.717) is 12.0 Å². The molecule has 1 saturated carbocycles. The van der Waals surface area contributed by atoms with Crippen LogP contribution in [0, 0.1) is 17.8 Å². The molecule has 4 atom stereocenters. The first-order chi connectivity index (χ1) is 11.0. The van der Waals surface area contributed by atoms with E-state index in [9.17, 15) is 4.79 Å². The molecule has 0 spiro atoms. The highest BCUT2D eigenvalue weighted by molar-refractivity contribution is 5.80. The van der Waals surface area contributed by atoms with Crippen LogP contribution in [0.15, 0.2) is 12.4 Å². The minimum Gasteiger partial charge on any atom is -0.353 e. The molecule has 0 bridgehead atoms. The Morgan fingerprint density at radius 1 is 1.39 bits per heavy atom. The second-order valence-corrected chi connectivity index (χ2v) is 7.69. The molecular formula is C18H30N4O. The standard InChI is InChI=1S/C18H30N4O/c1-12(2)13-5-4-6-15(7-13)21-18(23)17-10-19-9-16(17)14-8-20-22(3)11-14/h8,11-13,15-17,19H,4-7,9-10H2,1-3H3,(H,21,23)/t13?,15?,16-,17+/m1/s1. The van der Waals surface area contributed by atoms with Crippen LogP contribution < -0.4 is 10.6 Å². The van der Waals surface area contributed by atoms with Gasteiger partial charge in [0.2, 0.25) is 5.91 Å². The van der Waals surface area contributed by atoms with E-state index in [4.69, 9.17) is 0 Å². The molecule has 1 aromatic heterocycles. The summed E-state index contributed by atoms with van der Waals surface area (Å²) in [6.07, 6.45) is 8.75. The second-order valence-electron chi connectivity index (χ2n) is 7.69. The summed E-state index contributed by atoms with van der Waals surface area (Å²) in [5.41, 5.74) is 1.17. The third kappa shape index (κ3) is 3.77. The van der Waals surface area contributed by atoms with Crippen LogP contribution >= 0.6 is 0 Å². The molecule has 1 aliphatic carbocycles. The van der Waals surface area contributed by atoms with Crippen molar-refractivity contribution in [2.45, 2.75) is 51.5 Å². The highest BCUT2D eigenvalue weighted by Gasteiger charge is 2.36. The first-order valence-corrected chi connectivity index (χ1v) is 9.04. The van der Waals surface area contributed by atoms with Gasteiger partial charge in [-0.25, -0.2) is 0 Å². The number of aromatic nitrogens is 2. The van der Waals surface area contributed by atoms with Crippen LogP contribution in [-0.2, 0) is 11.8 Å². The van der Waals surface area contributed by atoms with Gasteiger partial charge in [0.1, 0.15) is 0 Å². The summed E-state index contributed by atoms with van der Waals surface area (Å²) in [7, 11) is 1.93. The average molecular weight is 318 g/mol. The summed E-state index contributed by atoms with van der Waals surface area (Å²) in [5.74, 6) is 1.96. The van der Waals surface area contributed by atoms with Crippen molar-refractivity contribution in [2.24, 2.45) is 24.8 Å². The molecule has 0 radical (unpaired) electrons. The first-order valence-electron chi connectivity index (χ1n) is 9.04. The lowest BCUT2D eigenvalue weighted by Gasteiger charge is -2.33. The largest absolute Gasteiger partial charge is 0.353 e. The third-order valence-corrected chi connectivity index (χ3v) is 5.71. The number of amides is 1. The second kappa shape index (κ2) is 7.04. The Morgan fingerprint density at radius 3 is 2.91 bits per heavy atom. The van der Waals surface area contributed by atoms with Crippen molar-refractivity contribution < 1.29 is 4.79 Å². The van der Waals surface area contributed by atoms with Crippen molar-refractivity contribution in [1.29, 1.82) is 0 Å². The van der Waals surface area contributed by atoms with Gasteiger partial charge < -0.3 is 10.6 Å². The number of rotatable bonds is 4. The van der Waals surface area contributed by atoms with E-state index in [0.717, 1.165) is 31.8 Å². The molecule has 2 heterocycles. The molecule has 2 unspecified atom stereocenters. The van der Waals surface area contributed by atoms with Gasteiger partial charge in [0.25, 0.3) is 0 Å². The predicted molar refractivity (Wildman–Crippen MR) is 91.0 cm³/mol. The minimum absolute atomic E-state index is 0.0265. The Balaban J connectivity index is 1.61. The fourth-order valence-corrected chi connectivity index (χ4v) is 4.21. The number of aryl methyl sites for hydroxylation is 1. The van der Waals surface area contributed by atoms with Crippen molar-refractivity contribution in [3.63, 3.8) is 0 Å². The summed E-state index contributed by atoms with van der Waals surface area (Å²) < 4.78 is 1.82. The van der Waals surface area contributed by atoms with Crippen molar-refractivity contribution in [1.82, 2.24) is 20.4 Å². The smallest absolute Gasteiger partial charge is 0.225 e. The number of hydrogen-bond donors (Lipinski definition) is 2. The molecule has 1 aromatic rings. The van der Waals surface area contributed by atoms with E-state index >= 15 is 0 Å². The molecule has 128 valence electrons. The fourth-order valence-electron chi connectivity index (χ4n) is 4.21. The average Bonchev–Trinajstić information content (AvgIpc) is 3.15. The molecule has 2 fully saturated rings. The molecule has 1 aliphatic heterocycles. The predicted octanol–water partition coefficient (Wildman–Crippen LogP) is 2.05. The van der Waals surface area contributed by atoms with E-state index in [2.05, 4.69) is 29.6 Å². The van der Waals surface area contributed by atoms with E-state index in [1.165, 1.54) is 18.4 Å². The van der Waals surface area contributed by atoms with E-state index < -0.39 is 0 Å². The van der Waals surface area contributed by atoms with E-state index in [1.807, 2.05) is 24.1 Å². The maximum absolute atomic E-state index is 12.8. The summed E-state index contributed by atoms with van der Waals surface area (Å²) in [5, 5.41) is 11.0. The van der Waals surface area contributed by atoms with Crippen LogP contribution in [0.4, 0.5) is 0 Å². The Kier molecular flexibility index (Phi) is 5.05. The number of hydrogen-bond acceptors (Lipinski definition) is 3. The van der Waals surface area contributed by atoms with Crippen LogP contribution in [0.25, 0.3) is 0 Å². The van der Waals surface area contributed by atoms with Gasteiger partial charge in [0.05, 0.1) is 12.1 Å². The quantitative estimate of drug-likeness (QED) is 0.893. The van der Waals surface area contributed by atoms with Crippen LogP contribution in [0.1, 0.15) is 51.0 Å². The summed E-state index contributed by atoms with van der Waals surface area (Å²) >= 11 is 0. The van der Waals surface area contributed by atoms with Crippen LogP contribution in [0.3, 0.4) is 0 Å². The molecule has 5 heteroatoms. The number of carbonyl (C=O) groups excluding carboxylic acids is 1. The van der Waals surface area contributed by atoms with Crippen LogP contribution in [0.5, 0.6) is 0 Å². The zero-order valence-electron chi connectivity index (χ0n) is 14.6. The lowest BCUT2D eigenvalue weighted by molar-refractivity contribution is -0.125. The van der Waals surface area contributed by atoms with Gasteiger partial charge in [-0.15, -0.1) is 0 Å². The summed E-state index contributed by atoms with van der Waals surface area (Å²) in [6, 6.07) is 0.360. The van der Waals surface area contributed by atoms with Gasteiger partial charge >= 0.3 is 0 Å². The fraction of sp³-hybridized carbons (Fsp3) is 0.778. The number of carbonyl (C=O) groups is 1. The molecule has 5 nitrogen and oxygen atoms in total. The molecule has 2 N–H and O–H groups in total. The Morgan fingerprint density at radius 2 is 2.22 bits per heavy atom. The van der Waals surface area contributed by atoms with E-state index in [-0.39, 0.29) is 17.7 Å². The van der Waals surface area contributed by atoms with Crippen molar-refractivity contribution in [3.05, 3.63) is 18.0 Å². The Hall–Kier alpha value is -1.36. The first kappa shape index (κ1) is 16.5. The molecule has 1 saturated heterocycles. The van der Waals surface area contributed by atoms with Gasteiger partial charge in [-0.05, 0) is 30.2 Å². The van der Waals surface area contributed by atoms with Crippen LogP contribution in [0.2, 0.25) is 0 Å². The summed E-state index contributed by atoms with van der Waals surface area (Å²) in [4.78, 5) is 12.8. The monoisotopic (exact) mass is 318 g/mol. The molecule has 1 amide bonds. The van der Waals surface area contributed by atoms with Crippen molar-refractivity contribution in [3.8, 4) is 0 Å². The van der Waals surface area contributed by atoms with Gasteiger partial charge in [-0.1, -0.05) is 26.7 Å². The number of nitrogens with one attached hydrogen (secondary N) is 2. The SMILES string of the molecule is CC(C)C1CCCC(NC(=O)[C@H]2CNC[C@@H]2c2cnn(C)c2)C1. The zero-order chi connectivity index (χ0) is 16.4. The lowest BCUT2D eigenvalue weighted by Crippen LogP contribution is -2.43. The lowest BCUT2D eigenvalue weighted by atomic mass is 9.79. The van der Waals surface area contributed by atoms with Gasteiger partial charge in [0.15, 0.2) is 0 Å². The van der Waals surface area contributed by atoms with Crippen LogP contribution in [-0.4, -0.2) is 34.8 Å². The topological polar surface area (TPSA) is 59.0 Å². The van der Waals surface area contributed by atoms with Gasteiger partial charge in [-0.2, -0.15) is 5.10 Å². The maximum atomic E-state index is 12.8. The molecule has 3 rings (SSSR count). The highest BCUT2D eigenvalue weighted by atomic mass is 16.2. The molecule has 0 aromatic carbocycles. The molecule has 2 aliphatic rings. The minimum atomic E-state index is 0.0265. The molecular weight excluding hydrogens is 288 g/mol. The summed E-state index contributed by atoms with van der Waals surface area (Å²) in [6.45, 7) is 6.23. The molecule has 23 heavy (non-hydrogen) atoms. The number of nitrogens with zero attached hydrogens (tertiary/aromatic N) is 2. The third-order valence-electron chi connectivity index (χ3n) is 5.71. The highest BCUT2D eigenvalue weighted by Crippen LogP contribution is 2.32. The zero-order valence-corrected chi connectivity index (χ0v) is 14.6. The van der Waals surface area contributed by atoms with E-state index in [1.54, 1.807) is 0 Å².